The summed E-state index contributed by atoms with van der Waals surface area (Å²) in [7, 11) is 0. The molecule has 0 unspecified atom stereocenters. The van der Waals surface area contributed by atoms with Gasteiger partial charge in [-0.05, 0) is 6.92 Å². The Labute approximate surface area is 120 Å². The molecule has 1 aromatic heterocycles. The number of amides is 3. The van der Waals surface area contributed by atoms with Crippen molar-refractivity contribution in [3.8, 4) is 0 Å². The number of hydrogen-bond acceptors (Lipinski definition) is 6. The van der Waals surface area contributed by atoms with Crippen molar-refractivity contribution in [3.63, 3.8) is 0 Å². The van der Waals surface area contributed by atoms with E-state index in [0.29, 0.717) is 19.7 Å². The van der Waals surface area contributed by atoms with Crippen molar-refractivity contribution in [1.29, 1.82) is 0 Å². The molecule has 3 amide bonds. The molecule has 21 heavy (non-hydrogen) atoms. The van der Waals surface area contributed by atoms with Crippen molar-refractivity contribution in [2.75, 3.05) is 38.1 Å². The summed E-state index contributed by atoms with van der Waals surface area (Å²) >= 11 is 0. The number of rotatable bonds is 2. The molecule has 2 N–H and O–H groups in total. The number of carbonyl (C=O) groups excluding carboxylic acids is 3. The molecule has 114 valence electrons. The maximum Gasteiger partial charge on any atom is 0.409 e. The average molecular weight is 296 g/mol. The van der Waals surface area contributed by atoms with Crippen molar-refractivity contribution in [1.82, 2.24) is 25.0 Å². The van der Waals surface area contributed by atoms with Crippen molar-refractivity contribution >= 4 is 23.9 Å². The van der Waals surface area contributed by atoms with Crippen LogP contribution >= 0.6 is 0 Å². The van der Waals surface area contributed by atoms with Gasteiger partial charge in [-0.2, -0.15) is 10.1 Å². The molecule has 2 heterocycles. The Hall–Kier alpha value is -2.65. The molecular formula is C11H16N6O4. The summed E-state index contributed by atoms with van der Waals surface area (Å²) < 4.78 is 4.88. The Morgan fingerprint density at radius 3 is 2.52 bits per heavy atom. The van der Waals surface area contributed by atoms with Crippen LogP contribution in [0, 0.1) is 0 Å². The molecule has 0 spiro atoms. The zero-order valence-electron chi connectivity index (χ0n) is 11.5. The normalized spacial score (nSPS) is 14.7. The van der Waals surface area contributed by atoms with Crippen LogP contribution in [-0.2, 0) is 14.3 Å². The molecule has 0 radical (unpaired) electrons. The monoisotopic (exact) mass is 296 g/mol. The molecule has 2 rings (SSSR count). The van der Waals surface area contributed by atoms with Gasteiger partial charge in [0.1, 0.15) is 6.33 Å². The molecular weight excluding hydrogens is 280 g/mol. The van der Waals surface area contributed by atoms with Gasteiger partial charge in [0.15, 0.2) is 0 Å². The zero-order chi connectivity index (χ0) is 15.2. The number of hydrogen-bond donors (Lipinski definition) is 2. The minimum absolute atomic E-state index is 0.110. The van der Waals surface area contributed by atoms with E-state index < -0.39 is 17.9 Å². The highest BCUT2D eigenvalue weighted by molar-refractivity contribution is 6.39. The molecule has 10 heteroatoms. The second kappa shape index (κ2) is 6.68. The number of carbonyl (C=O) groups is 3. The van der Waals surface area contributed by atoms with Crippen molar-refractivity contribution < 1.29 is 19.1 Å². The number of aromatic amines is 1. The molecule has 1 saturated heterocycles. The minimum atomic E-state index is -0.795. The Balaban J connectivity index is 1.82. The van der Waals surface area contributed by atoms with Crippen LogP contribution in [0.4, 0.5) is 10.7 Å². The van der Waals surface area contributed by atoms with Gasteiger partial charge in [-0.3, -0.25) is 14.9 Å². The zero-order valence-corrected chi connectivity index (χ0v) is 11.5. The standard InChI is InChI=1S/C11H16N6O4/c1-2-21-11(20)17-5-3-16(4-6-17)9(19)8(18)14-10-12-7-13-15-10/h7H,2-6H2,1H3,(H2,12,13,14,15,18). The minimum Gasteiger partial charge on any atom is -0.450 e. The lowest BCUT2D eigenvalue weighted by Gasteiger charge is -2.33. The first-order valence-corrected chi connectivity index (χ1v) is 6.49. The lowest BCUT2D eigenvalue weighted by Crippen LogP contribution is -2.53. The van der Waals surface area contributed by atoms with Crippen molar-refractivity contribution in [2.24, 2.45) is 0 Å². The van der Waals surface area contributed by atoms with Crippen molar-refractivity contribution in [3.05, 3.63) is 6.33 Å². The highest BCUT2D eigenvalue weighted by Gasteiger charge is 2.28. The number of H-pyrrole nitrogens is 1. The maximum absolute atomic E-state index is 11.9. The molecule has 1 fully saturated rings. The number of anilines is 1. The highest BCUT2D eigenvalue weighted by Crippen LogP contribution is 2.05. The Morgan fingerprint density at radius 1 is 1.29 bits per heavy atom. The fraction of sp³-hybridized carbons (Fsp3) is 0.545. The lowest BCUT2D eigenvalue weighted by atomic mass is 10.3. The number of aromatic nitrogens is 3. The van der Waals surface area contributed by atoms with Gasteiger partial charge >= 0.3 is 17.9 Å². The fourth-order valence-electron chi connectivity index (χ4n) is 1.88. The van der Waals surface area contributed by atoms with Crippen LogP contribution in [-0.4, -0.2) is 75.7 Å². The summed E-state index contributed by atoms with van der Waals surface area (Å²) in [5.41, 5.74) is 0. The van der Waals surface area contributed by atoms with E-state index in [-0.39, 0.29) is 19.0 Å². The summed E-state index contributed by atoms with van der Waals surface area (Å²) in [6.07, 6.45) is 0.814. The van der Waals surface area contributed by atoms with Crippen LogP contribution in [0.2, 0.25) is 0 Å². The van der Waals surface area contributed by atoms with Crippen LogP contribution in [0.3, 0.4) is 0 Å². The van der Waals surface area contributed by atoms with Gasteiger partial charge in [0, 0.05) is 26.2 Å². The molecule has 0 atom stereocenters. The van der Waals surface area contributed by atoms with E-state index in [9.17, 15) is 14.4 Å². The van der Waals surface area contributed by atoms with Gasteiger partial charge < -0.3 is 14.5 Å². The topological polar surface area (TPSA) is 121 Å². The van der Waals surface area contributed by atoms with Crippen LogP contribution in [0.15, 0.2) is 6.33 Å². The van der Waals surface area contributed by atoms with Gasteiger partial charge in [-0.1, -0.05) is 0 Å². The SMILES string of the molecule is CCOC(=O)N1CCN(C(=O)C(=O)Nc2ncn[nH]2)CC1. The van der Waals surface area contributed by atoms with E-state index in [1.165, 1.54) is 16.1 Å². The summed E-state index contributed by atoms with van der Waals surface area (Å²) in [6.45, 7) is 3.26. The molecule has 0 aromatic carbocycles. The Morgan fingerprint density at radius 2 is 1.95 bits per heavy atom. The number of piperazine rings is 1. The highest BCUT2D eigenvalue weighted by atomic mass is 16.6. The van der Waals surface area contributed by atoms with E-state index in [0.717, 1.165) is 0 Å². The molecule has 0 aliphatic carbocycles. The predicted molar refractivity (Wildman–Crippen MR) is 70.2 cm³/mol. The number of ether oxygens (including phenoxy) is 1. The average Bonchev–Trinajstić information content (AvgIpc) is 3.00. The maximum atomic E-state index is 11.9. The van der Waals surface area contributed by atoms with Crippen molar-refractivity contribution in [2.45, 2.75) is 6.92 Å². The van der Waals surface area contributed by atoms with E-state index in [1.54, 1.807) is 6.92 Å². The van der Waals surface area contributed by atoms with Gasteiger partial charge in [-0.15, -0.1) is 0 Å². The first kappa shape index (κ1) is 14.8. The summed E-state index contributed by atoms with van der Waals surface area (Å²) in [5, 5.41) is 8.30. The van der Waals surface area contributed by atoms with Gasteiger partial charge in [0.2, 0.25) is 5.95 Å². The van der Waals surface area contributed by atoms with E-state index in [2.05, 4.69) is 20.5 Å². The van der Waals surface area contributed by atoms with E-state index in [4.69, 9.17) is 4.74 Å². The largest absolute Gasteiger partial charge is 0.450 e. The number of nitrogens with one attached hydrogen (secondary N) is 2. The molecule has 0 saturated carbocycles. The molecule has 1 aliphatic rings. The van der Waals surface area contributed by atoms with Crippen LogP contribution in [0.1, 0.15) is 6.92 Å². The van der Waals surface area contributed by atoms with E-state index in [1.807, 2.05) is 0 Å². The second-order valence-electron chi connectivity index (χ2n) is 4.27. The molecule has 0 bridgehead atoms. The summed E-state index contributed by atoms with van der Waals surface area (Å²) in [4.78, 5) is 41.8. The second-order valence-corrected chi connectivity index (χ2v) is 4.27. The summed E-state index contributed by atoms with van der Waals surface area (Å²) in [6, 6.07) is 0. The van der Waals surface area contributed by atoms with Gasteiger partial charge in [-0.25, -0.2) is 9.89 Å². The third kappa shape index (κ3) is 3.68. The lowest BCUT2D eigenvalue weighted by molar-refractivity contribution is -0.144. The molecule has 1 aromatic rings. The smallest absolute Gasteiger partial charge is 0.409 e. The predicted octanol–water partition coefficient (Wildman–Crippen LogP) is -0.956. The first-order chi connectivity index (χ1) is 10.1. The molecule has 1 aliphatic heterocycles. The number of nitrogens with zero attached hydrogens (tertiary/aromatic N) is 4. The fourth-order valence-corrected chi connectivity index (χ4v) is 1.88. The first-order valence-electron chi connectivity index (χ1n) is 6.49. The van der Waals surface area contributed by atoms with Crippen LogP contribution < -0.4 is 5.32 Å². The van der Waals surface area contributed by atoms with E-state index >= 15 is 0 Å². The van der Waals surface area contributed by atoms with Crippen LogP contribution in [0.25, 0.3) is 0 Å². The third-order valence-corrected chi connectivity index (χ3v) is 2.93. The van der Waals surface area contributed by atoms with Gasteiger partial charge in [0.05, 0.1) is 6.61 Å². The van der Waals surface area contributed by atoms with Crippen LogP contribution in [0.5, 0.6) is 0 Å². The third-order valence-electron chi connectivity index (χ3n) is 2.93. The quantitative estimate of drug-likeness (QED) is 0.678. The Bertz CT molecular complexity index is 509. The Kier molecular flexibility index (Phi) is 4.69. The molecule has 10 nitrogen and oxygen atoms in total. The summed E-state index contributed by atoms with van der Waals surface area (Å²) in [5.74, 6) is -1.36. The van der Waals surface area contributed by atoms with Gasteiger partial charge in [0.25, 0.3) is 0 Å².